The molecule has 88 valence electrons. The number of nitrogens with zero attached hydrogens (tertiary/aromatic N) is 1. The van der Waals surface area contributed by atoms with Gasteiger partial charge in [0, 0.05) is 5.56 Å². The van der Waals surface area contributed by atoms with Crippen LogP contribution in [0.2, 0.25) is 0 Å². The number of nitrogen functional groups attached to an aromatic ring is 1. The van der Waals surface area contributed by atoms with E-state index in [9.17, 15) is 4.79 Å². The van der Waals surface area contributed by atoms with E-state index in [1.165, 1.54) is 0 Å². The summed E-state index contributed by atoms with van der Waals surface area (Å²) in [6.45, 7) is 2.05. The number of hydrogen-bond donors (Lipinski definition) is 2. The van der Waals surface area contributed by atoms with E-state index in [0.717, 1.165) is 12.0 Å². The maximum Gasteiger partial charge on any atom is 0.358 e. The molecule has 0 unspecified atom stereocenters. The van der Waals surface area contributed by atoms with Crippen molar-refractivity contribution in [3.63, 3.8) is 0 Å². The van der Waals surface area contributed by atoms with Crippen molar-refractivity contribution in [2.45, 2.75) is 13.3 Å². The van der Waals surface area contributed by atoms with Crippen molar-refractivity contribution in [1.29, 1.82) is 0 Å². The molecule has 0 amide bonds. The second-order valence-electron chi connectivity index (χ2n) is 3.59. The summed E-state index contributed by atoms with van der Waals surface area (Å²) in [6.07, 6.45) is 0.921. The van der Waals surface area contributed by atoms with Crippen LogP contribution in [0.25, 0.3) is 11.3 Å². The van der Waals surface area contributed by atoms with Crippen molar-refractivity contribution in [2.24, 2.45) is 0 Å². The molecule has 0 atom stereocenters. The molecule has 1 aromatic carbocycles. The summed E-state index contributed by atoms with van der Waals surface area (Å²) in [4.78, 5) is 14.6. The Morgan fingerprint density at radius 1 is 1.41 bits per heavy atom. The van der Waals surface area contributed by atoms with Gasteiger partial charge in [-0.25, -0.2) is 4.79 Å². The van der Waals surface area contributed by atoms with E-state index < -0.39 is 5.97 Å². The Morgan fingerprint density at radius 2 is 2.06 bits per heavy atom. The second kappa shape index (κ2) is 4.29. The highest BCUT2D eigenvalue weighted by Gasteiger charge is 2.19. The average molecular weight is 232 g/mol. The van der Waals surface area contributed by atoms with Crippen molar-refractivity contribution in [2.75, 3.05) is 5.73 Å². The fraction of sp³-hybridized carbons (Fsp3) is 0.167. The van der Waals surface area contributed by atoms with Crippen molar-refractivity contribution in [3.8, 4) is 11.3 Å². The smallest absolute Gasteiger partial charge is 0.358 e. The normalized spacial score (nSPS) is 10.4. The molecule has 0 spiro atoms. The maximum atomic E-state index is 11.0. The van der Waals surface area contributed by atoms with Crippen molar-refractivity contribution < 1.29 is 14.3 Å². The first-order chi connectivity index (χ1) is 8.11. The minimum Gasteiger partial charge on any atom is -0.476 e. The van der Waals surface area contributed by atoms with Gasteiger partial charge in [0.2, 0.25) is 0 Å². The predicted octanol–water partition coefficient (Wildman–Crippen LogP) is 2.18. The minimum absolute atomic E-state index is 0.142. The van der Waals surface area contributed by atoms with Crippen LogP contribution in [0.1, 0.15) is 23.0 Å². The number of rotatable bonds is 3. The Labute approximate surface area is 97.9 Å². The first-order valence-electron chi connectivity index (χ1n) is 5.20. The van der Waals surface area contributed by atoms with Crippen LogP contribution in [0.5, 0.6) is 0 Å². The standard InChI is InChI=1S/C12H12N2O3/c1-2-7-3-5-8(6-4-7)10-9(11(15)16)14-12(13)17-10/h3-6H,2H2,1H3,(H2,13,14)(H,15,16). The molecule has 2 rings (SSSR count). The topological polar surface area (TPSA) is 89.4 Å². The molecule has 3 N–H and O–H groups in total. The number of carboxylic acids is 1. The number of aromatic nitrogens is 1. The van der Waals surface area contributed by atoms with E-state index in [-0.39, 0.29) is 17.5 Å². The Hall–Kier alpha value is -2.30. The van der Waals surface area contributed by atoms with Crippen LogP contribution in [-0.2, 0) is 6.42 Å². The number of carbonyl (C=O) groups is 1. The van der Waals surface area contributed by atoms with Crippen molar-refractivity contribution in [3.05, 3.63) is 35.5 Å². The van der Waals surface area contributed by atoms with E-state index in [1.54, 1.807) is 12.1 Å². The zero-order valence-electron chi connectivity index (χ0n) is 9.30. The monoisotopic (exact) mass is 232 g/mol. The summed E-state index contributed by atoms with van der Waals surface area (Å²) in [5.41, 5.74) is 7.03. The zero-order valence-corrected chi connectivity index (χ0v) is 9.30. The van der Waals surface area contributed by atoms with Gasteiger partial charge in [0.15, 0.2) is 11.5 Å². The number of aromatic carboxylic acids is 1. The SMILES string of the molecule is CCc1ccc(-c2oc(N)nc2C(=O)O)cc1. The van der Waals surface area contributed by atoms with Gasteiger partial charge >= 0.3 is 5.97 Å². The molecule has 0 bridgehead atoms. The number of aryl methyl sites for hydroxylation is 1. The summed E-state index contributed by atoms with van der Waals surface area (Å²) in [7, 11) is 0. The largest absolute Gasteiger partial charge is 0.476 e. The average Bonchev–Trinajstić information content (AvgIpc) is 2.72. The lowest BCUT2D eigenvalue weighted by Gasteiger charge is -2.00. The van der Waals surface area contributed by atoms with E-state index in [4.69, 9.17) is 15.3 Å². The molecule has 0 saturated carbocycles. The van der Waals surface area contributed by atoms with Gasteiger partial charge in [0.25, 0.3) is 6.01 Å². The molecule has 5 nitrogen and oxygen atoms in total. The minimum atomic E-state index is -1.15. The third-order valence-electron chi connectivity index (χ3n) is 2.47. The lowest BCUT2D eigenvalue weighted by atomic mass is 10.1. The highest BCUT2D eigenvalue weighted by Crippen LogP contribution is 2.26. The molecule has 0 aliphatic carbocycles. The van der Waals surface area contributed by atoms with Gasteiger partial charge in [-0.2, -0.15) is 4.98 Å². The van der Waals surface area contributed by atoms with Gasteiger partial charge in [-0.1, -0.05) is 31.2 Å². The van der Waals surface area contributed by atoms with Crippen molar-refractivity contribution in [1.82, 2.24) is 4.98 Å². The molecule has 0 fully saturated rings. The number of hydrogen-bond acceptors (Lipinski definition) is 4. The number of nitrogens with two attached hydrogens (primary N) is 1. The van der Waals surface area contributed by atoms with E-state index in [2.05, 4.69) is 4.98 Å². The number of oxazole rings is 1. The highest BCUT2D eigenvalue weighted by atomic mass is 16.4. The molecule has 2 aromatic rings. The van der Waals surface area contributed by atoms with Crippen LogP contribution >= 0.6 is 0 Å². The predicted molar refractivity (Wildman–Crippen MR) is 62.7 cm³/mol. The Balaban J connectivity index is 2.48. The fourth-order valence-corrected chi connectivity index (χ4v) is 1.57. The van der Waals surface area contributed by atoms with Crippen LogP contribution < -0.4 is 5.73 Å². The van der Waals surface area contributed by atoms with Crippen LogP contribution in [0.3, 0.4) is 0 Å². The Bertz CT molecular complexity index is 543. The van der Waals surface area contributed by atoms with E-state index in [0.29, 0.717) is 5.56 Å². The fourth-order valence-electron chi connectivity index (χ4n) is 1.57. The summed E-state index contributed by atoms with van der Waals surface area (Å²) < 4.78 is 5.12. The molecule has 0 aliphatic rings. The first-order valence-corrected chi connectivity index (χ1v) is 5.20. The molecule has 0 radical (unpaired) electrons. The molecule has 1 aromatic heterocycles. The van der Waals surface area contributed by atoms with Gasteiger partial charge in [-0.3, -0.25) is 0 Å². The second-order valence-corrected chi connectivity index (χ2v) is 3.59. The third kappa shape index (κ3) is 2.13. The van der Waals surface area contributed by atoms with Crippen LogP contribution in [0, 0.1) is 0 Å². The molecule has 5 heteroatoms. The van der Waals surface area contributed by atoms with E-state index in [1.807, 2.05) is 19.1 Å². The summed E-state index contributed by atoms with van der Waals surface area (Å²) in [5, 5.41) is 8.96. The lowest BCUT2D eigenvalue weighted by Crippen LogP contribution is -1.99. The van der Waals surface area contributed by atoms with Crippen molar-refractivity contribution >= 4 is 12.0 Å². The third-order valence-corrected chi connectivity index (χ3v) is 2.47. The first kappa shape index (κ1) is 11.2. The van der Waals surface area contributed by atoms with Crippen LogP contribution in [0.4, 0.5) is 6.01 Å². The molecule has 17 heavy (non-hydrogen) atoms. The van der Waals surface area contributed by atoms with Gasteiger partial charge in [-0.05, 0) is 12.0 Å². The molecular formula is C12H12N2O3. The summed E-state index contributed by atoms with van der Waals surface area (Å²) >= 11 is 0. The highest BCUT2D eigenvalue weighted by molar-refractivity contribution is 5.92. The summed E-state index contributed by atoms with van der Waals surface area (Å²) in [5.74, 6) is -0.960. The number of carboxylic acid groups (broad SMARTS) is 1. The molecule has 0 aliphatic heterocycles. The van der Waals surface area contributed by atoms with Gasteiger partial charge in [0.05, 0.1) is 0 Å². The van der Waals surface area contributed by atoms with Crippen LogP contribution in [0.15, 0.2) is 28.7 Å². The quantitative estimate of drug-likeness (QED) is 0.846. The summed E-state index contributed by atoms with van der Waals surface area (Å²) in [6, 6.07) is 7.28. The Kier molecular flexibility index (Phi) is 2.82. The maximum absolute atomic E-state index is 11.0. The van der Waals surface area contributed by atoms with E-state index >= 15 is 0 Å². The molecule has 1 heterocycles. The number of anilines is 1. The number of benzene rings is 1. The van der Waals surface area contributed by atoms with Crippen LogP contribution in [-0.4, -0.2) is 16.1 Å². The Morgan fingerprint density at radius 3 is 2.59 bits per heavy atom. The van der Waals surface area contributed by atoms with Gasteiger partial charge < -0.3 is 15.3 Å². The zero-order chi connectivity index (χ0) is 12.4. The van der Waals surface area contributed by atoms with Gasteiger partial charge in [-0.15, -0.1) is 0 Å². The lowest BCUT2D eigenvalue weighted by molar-refractivity contribution is 0.0691. The molecule has 0 saturated heterocycles. The molecular weight excluding hydrogens is 220 g/mol. The van der Waals surface area contributed by atoms with Gasteiger partial charge in [0.1, 0.15) is 0 Å².